The third kappa shape index (κ3) is 5.37. The van der Waals surface area contributed by atoms with Crippen molar-refractivity contribution in [2.24, 2.45) is 5.92 Å². The first-order valence-corrected chi connectivity index (χ1v) is 16.1. The highest BCUT2D eigenvalue weighted by atomic mass is 16.8. The summed E-state index contributed by atoms with van der Waals surface area (Å²) in [7, 11) is 0. The molecule has 5 heterocycles. The fourth-order valence-corrected chi connectivity index (χ4v) is 7.27. The maximum atomic E-state index is 6.72. The van der Waals surface area contributed by atoms with Crippen LogP contribution in [0.15, 0.2) is 30.9 Å². The van der Waals surface area contributed by atoms with Gasteiger partial charge in [-0.25, -0.2) is 19.9 Å². The van der Waals surface area contributed by atoms with Crippen molar-refractivity contribution in [3.8, 4) is 0 Å². The standard InChI is InChI=1S/C33H46N8O3/c1-18(2)40(21-12-19(13-21)8-11-25-38-22-10-9-20(32(3,4)5)14-23(22)39-25)15-24-27-28(44-33(6,7)43-27)31(42-24)41-17-37-26-29(34)35-16-36-30(26)41/h9-10,14,16-19,21,24,27-28,31H,8,11-13,15H2,1-7H3,(H,38,39)(H2,34,35,36)/t19-,21+,24-,27-,28-,31-/m1/s1. The molecule has 0 amide bonds. The van der Waals surface area contributed by atoms with E-state index in [1.54, 1.807) is 6.33 Å². The van der Waals surface area contributed by atoms with E-state index in [1.807, 2.05) is 18.4 Å². The van der Waals surface area contributed by atoms with Crippen LogP contribution in [0.4, 0.5) is 5.82 Å². The number of anilines is 1. The number of rotatable bonds is 8. The number of aryl methyl sites for hydroxylation is 1. The third-order valence-corrected chi connectivity index (χ3v) is 9.71. The predicted molar refractivity (Wildman–Crippen MR) is 169 cm³/mol. The quantitative estimate of drug-likeness (QED) is 0.282. The van der Waals surface area contributed by atoms with E-state index in [9.17, 15) is 0 Å². The Kier molecular flexibility index (Phi) is 7.23. The second-order valence-corrected chi connectivity index (χ2v) is 14.7. The average Bonchev–Trinajstić information content (AvgIpc) is 3.68. The van der Waals surface area contributed by atoms with Gasteiger partial charge in [-0.3, -0.25) is 9.47 Å². The SMILES string of the molecule is CC(C)N(C[C@H]1O[C@@H](n2cnc3c(N)ncnc32)[C@@H]2OC(C)(C)O[C@@H]21)[C@H]1C[C@@H](CCc2nc3cc(C(C)(C)C)ccc3[nH]2)C1. The van der Waals surface area contributed by atoms with Crippen LogP contribution in [0.2, 0.25) is 0 Å². The van der Waals surface area contributed by atoms with Gasteiger partial charge < -0.3 is 24.9 Å². The molecule has 2 aliphatic heterocycles. The number of fused-ring (bicyclic) bond motifs is 3. The zero-order valence-corrected chi connectivity index (χ0v) is 26.9. The molecule has 0 unspecified atom stereocenters. The highest BCUT2D eigenvalue weighted by Crippen LogP contribution is 2.45. The lowest BCUT2D eigenvalue weighted by Crippen LogP contribution is -2.52. The van der Waals surface area contributed by atoms with E-state index in [1.165, 1.54) is 24.7 Å². The zero-order valence-electron chi connectivity index (χ0n) is 26.9. The molecule has 0 bridgehead atoms. The summed E-state index contributed by atoms with van der Waals surface area (Å²) in [6, 6.07) is 7.51. The van der Waals surface area contributed by atoms with Gasteiger partial charge in [0.1, 0.15) is 36.0 Å². The van der Waals surface area contributed by atoms with Crippen LogP contribution in [0.3, 0.4) is 0 Å². The van der Waals surface area contributed by atoms with Gasteiger partial charge in [0.05, 0.1) is 17.4 Å². The summed E-state index contributed by atoms with van der Waals surface area (Å²) in [6.07, 6.45) is 6.61. The number of hydrogen-bond donors (Lipinski definition) is 2. The Morgan fingerprint density at radius 3 is 2.64 bits per heavy atom. The van der Waals surface area contributed by atoms with E-state index < -0.39 is 12.0 Å². The Hall–Kier alpha value is -3.12. The molecule has 2 saturated heterocycles. The minimum absolute atomic E-state index is 0.117. The number of aromatic amines is 1. The molecule has 1 saturated carbocycles. The van der Waals surface area contributed by atoms with E-state index in [0.29, 0.717) is 35.0 Å². The zero-order chi connectivity index (χ0) is 31.0. The maximum Gasteiger partial charge on any atom is 0.167 e. The van der Waals surface area contributed by atoms with Gasteiger partial charge in [-0.05, 0) is 76.0 Å². The molecule has 44 heavy (non-hydrogen) atoms. The van der Waals surface area contributed by atoms with Crippen molar-refractivity contribution in [2.45, 2.75) is 122 Å². The number of benzene rings is 1. The lowest BCUT2D eigenvalue weighted by Gasteiger charge is -2.46. The van der Waals surface area contributed by atoms with Gasteiger partial charge in [0.2, 0.25) is 0 Å². The van der Waals surface area contributed by atoms with Crippen LogP contribution in [0, 0.1) is 5.92 Å². The first-order valence-electron chi connectivity index (χ1n) is 16.1. The van der Waals surface area contributed by atoms with E-state index in [4.69, 9.17) is 24.9 Å². The maximum absolute atomic E-state index is 6.72. The molecule has 0 radical (unpaired) electrons. The van der Waals surface area contributed by atoms with Gasteiger partial charge in [-0.15, -0.1) is 0 Å². The molecule has 1 aliphatic carbocycles. The molecular weight excluding hydrogens is 556 g/mol. The first-order chi connectivity index (χ1) is 20.9. The molecule has 3 fully saturated rings. The molecule has 4 aromatic rings. The van der Waals surface area contributed by atoms with Gasteiger partial charge in [0.15, 0.2) is 23.5 Å². The van der Waals surface area contributed by atoms with Crippen molar-refractivity contribution in [2.75, 3.05) is 12.3 Å². The summed E-state index contributed by atoms with van der Waals surface area (Å²) >= 11 is 0. The number of nitrogen functional groups attached to an aromatic ring is 1. The fourth-order valence-electron chi connectivity index (χ4n) is 7.27. The number of imidazole rings is 2. The molecule has 11 heteroatoms. The second kappa shape index (κ2) is 10.8. The van der Waals surface area contributed by atoms with Crippen LogP contribution in [-0.4, -0.2) is 77.1 Å². The Morgan fingerprint density at radius 2 is 1.89 bits per heavy atom. The van der Waals surface area contributed by atoms with Crippen molar-refractivity contribution in [3.63, 3.8) is 0 Å². The summed E-state index contributed by atoms with van der Waals surface area (Å²) in [5.74, 6) is 1.43. The number of H-pyrrole nitrogens is 1. The normalized spacial score (nSPS) is 28.4. The minimum Gasteiger partial charge on any atom is -0.382 e. The summed E-state index contributed by atoms with van der Waals surface area (Å²) in [5, 5.41) is 0. The van der Waals surface area contributed by atoms with Crippen molar-refractivity contribution < 1.29 is 14.2 Å². The van der Waals surface area contributed by atoms with Crippen LogP contribution >= 0.6 is 0 Å². The van der Waals surface area contributed by atoms with Gasteiger partial charge in [0.25, 0.3) is 0 Å². The number of nitrogens with one attached hydrogen (secondary N) is 1. The van der Waals surface area contributed by atoms with Crippen LogP contribution in [0.1, 0.15) is 85.3 Å². The molecule has 11 nitrogen and oxygen atoms in total. The first kappa shape index (κ1) is 29.6. The van der Waals surface area contributed by atoms with Crippen LogP contribution < -0.4 is 5.73 Å². The molecule has 4 atom stereocenters. The highest BCUT2D eigenvalue weighted by Gasteiger charge is 2.57. The molecule has 7 rings (SSSR count). The second-order valence-electron chi connectivity index (χ2n) is 14.7. The summed E-state index contributed by atoms with van der Waals surface area (Å²) in [5.41, 5.74) is 10.9. The van der Waals surface area contributed by atoms with E-state index in [0.717, 1.165) is 36.2 Å². The van der Waals surface area contributed by atoms with Gasteiger partial charge >= 0.3 is 0 Å². The van der Waals surface area contributed by atoms with Crippen molar-refractivity contribution in [1.82, 2.24) is 34.4 Å². The Morgan fingerprint density at radius 1 is 1.11 bits per heavy atom. The van der Waals surface area contributed by atoms with Crippen molar-refractivity contribution in [3.05, 3.63) is 42.2 Å². The Labute approximate surface area is 258 Å². The van der Waals surface area contributed by atoms with E-state index in [2.05, 4.69) is 77.7 Å². The van der Waals surface area contributed by atoms with Crippen LogP contribution in [0.25, 0.3) is 22.2 Å². The molecule has 0 spiro atoms. The monoisotopic (exact) mass is 602 g/mol. The molecule has 3 aromatic heterocycles. The number of aromatic nitrogens is 6. The van der Waals surface area contributed by atoms with Crippen molar-refractivity contribution >= 4 is 28.0 Å². The molecule has 3 N–H and O–H groups in total. The Balaban J connectivity index is 1.00. The van der Waals surface area contributed by atoms with Gasteiger partial charge in [-0.2, -0.15) is 0 Å². The molecule has 1 aromatic carbocycles. The summed E-state index contributed by atoms with van der Waals surface area (Å²) in [4.78, 5) is 24.1. The Bertz CT molecular complexity index is 1650. The minimum atomic E-state index is -0.699. The van der Waals surface area contributed by atoms with E-state index in [-0.39, 0.29) is 23.7 Å². The molecular formula is C33H46N8O3. The van der Waals surface area contributed by atoms with E-state index >= 15 is 0 Å². The lowest BCUT2D eigenvalue weighted by molar-refractivity contribution is -0.199. The molecule has 236 valence electrons. The fraction of sp³-hybridized carbons (Fsp3) is 0.636. The smallest absolute Gasteiger partial charge is 0.167 e. The topological polar surface area (TPSA) is 129 Å². The molecule has 3 aliphatic rings. The van der Waals surface area contributed by atoms with Crippen LogP contribution in [-0.2, 0) is 26.0 Å². The summed E-state index contributed by atoms with van der Waals surface area (Å²) < 4.78 is 21.5. The van der Waals surface area contributed by atoms with Crippen molar-refractivity contribution in [1.29, 1.82) is 0 Å². The largest absolute Gasteiger partial charge is 0.382 e. The van der Waals surface area contributed by atoms with Gasteiger partial charge in [-0.1, -0.05) is 26.8 Å². The third-order valence-electron chi connectivity index (χ3n) is 9.71. The highest BCUT2D eigenvalue weighted by molar-refractivity contribution is 5.81. The predicted octanol–water partition coefficient (Wildman–Crippen LogP) is 5.12. The van der Waals surface area contributed by atoms with Crippen LogP contribution in [0.5, 0.6) is 0 Å². The average molecular weight is 603 g/mol. The number of nitrogens with zero attached hydrogens (tertiary/aromatic N) is 6. The number of ether oxygens (including phenoxy) is 3. The number of hydrogen-bond acceptors (Lipinski definition) is 9. The van der Waals surface area contributed by atoms with Gasteiger partial charge in [0, 0.05) is 25.0 Å². The number of nitrogens with two attached hydrogens (primary N) is 1. The lowest BCUT2D eigenvalue weighted by atomic mass is 9.76. The summed E-state index contributed by atoms with van der Waals surface area (Å²) in [6.45, 7) is 16.0.